The normalized spacial score (nSPS) is 14.6. The summed E-state index contributed by atoms with van der Waals surface area (Å²) >= 11 is 0. The minimum atomic E-state index is -0.979. The summed E-state index contributed by atoms with van der Waals surface area (Å²) < 4.78 is 65.3. The van der Waals surface area contributed by atoms with Gasteiger partial charge in [0.2, 0.25) is 0 Å². The van der Waals surface area contributed by atoms with E-state index in [0.717, 1.165) is 22.8 Å². The van der Waals surface area contributed by atoms with Gasteiger partial charge in [0.1, 0.15) is 23.1 Å². The topological polar surface area (TPSA) is 85.7 Å². The first-order valence-electron chi connectivity index (χ1n) is 14.2. The molecule has 4 aromatic rings. The van der Waals surface area contributed by atoms with Gasteiger partial charge in [-0.3, -0.25) is 18.8 Å². The first-order valence-corrected chi connectivity index (χ1v) is 14.2. The smallest absolute Gasteiger partial charge is 0.331 e. The van der Waals surface area contributed by atoms with E-state index >= 15 is 0 Å². The minimum Gasteiger partial charge on any atom is -0.496 e. The molecule has 5 rings (SSSR count). The summed E-state index contributed by atoms with van der Waals surface area (Å²) in [4.78, 5) is 31.4. The van der Waals surface area contributed by atoms with E-state index in [1.54, 1.807) is 36.1 Å². The molecule has 0 bridgehead atoms. The Morgan fingerprint density at radius 1 is 0.795 bits per heavy atom. The third-order valence-corrected chi connectivity index (χ3v) is 8.09. The number of aromatic nitrogens is 2. The van der Waals surface area contributed by atoms with Crippen molar-refractivity contribution in [3.05, 3.63) is 127 Å². The number of rotatable bonds is 9. The Morgan fingerprint density at radius 2 is 1.45 bits per heavy atom. The van der Waals surface area contributed by atoms with Crippen LogP contribution >= 0.6 is 0 Å². The van der Waals surface area contributed by atoms with Crippen LogP contribution in [-0.2, 0) is 19.6 Å². The van der Waals surface area contributed by atoms with Crippen LogP contribution < -0.4 is 26.6 Å². The number of hydrogen-bond donors (Lipinski definition) is 1. The van der Waals surface area contributed by atoms with Crippen LogP contribution in [0.15, 0.2) is 70.3 Å². The van der Waals surface area contributed by atoms with Gasteiger partial charge >= 0.3 is 5.69 Å². The molecule has 1 atom stereocenters. The fraction of sp³-hybridized carbons (Fsp3) is 0.312. The van der Waals surface area contributed by atoms with Gasteiger partial charge in [0.15, 0.2) is 11.6 Å². The Morgan fingerprint density at radius 3 is 2.09 bits per heavy atom. The first-order chi connectivity index (χ1) is 21.1. The maximum atomic E-state index is 14.7. The molecular weight excluding hydrogens is 578 g/mol. The SMILES string of the molecule is COc1ccc(F)c(F)c1CN1CCN(c2c(C)n(Cc3c(F)cccc3F)c(=O)n(CC(N)c3ccccc3)c2=O)CC1. The van der Waals surface area contributed by atoms with Gasteiger partial charge < -0.3 is 15.4 Å². The molecule has 232 valence electrons. The maximum Gasteiger partial charge on any atom is 0.331 e. The average molecular weight is 612 g/mol. The standard InChI is InChI=1S/C32H33F4N5O3/c1-20-30(39-15-13-38(14-16-39)17-23-28(44-2)12-11-26(35)29(23)36)31(42)41(19-27(37)21-7-4-3-5-8-21)32(43)40(20)18-22-24(33)9-6-10-25(22)34/h3-12,27H,13-19,37H2,1-2H3. The molecule has 1 aliphatic rings. The average Bonchev–Trinajstić information content (AvgIpc) is 3.02. The molecule has 0 saturated carbocycles. The second-order valence-corrected chi connectivity index (χ2v) is 10.7. The van der Waals surface area contributed by atoms with Crippen molar-refractivity contribution < 1.29 is 22.3 Å². The van der Waals surface area contributed by atoms with Crippen molar-refractivity contribution >= 4 is 5.69 Å². The van der Waals surface area contributed by atoms with E-state index in [2.05, 4.69) is 0 Å². The van der Waals surface area contributed by atoms with Gasteiger partial charge in [-0.05, 0) is 36.8 Å². The highest BCUT2D eigenvalue weighted by Crippen LogP contribution is 2.26. The number of halogens is 4. The van der Waals surface area contributed by atoms with Crippen molar-refractivity contribution in [2.24, 2.45) is 5.73 Å². The van der Waals surface area contributed by atoms with E-state index < -0.39 is 47.1 Å². The predicted molar refractivity (Wildman–Crippen MR) is 159 cm³/mol. The minimum absolute atomic E-state index is 0.0851. The zero-order valence-electron chi connectivity index (χ0n) is 24.4. The highest BCUT2D eigenvalue weighted by atomic mass is 19.2. The highest BCUT2D eigenvalue weighted by molar-refractivity contribution is 5.50. The molecule has 1 unspecified atom stereocenters. The summed E-state index contributed by atoms with van der Waals surface area (Å²) in [6.07, 6.45) is 0. The molecule has 2 N–H and O–H groups in total. The molecular formula is C32H33F4N5O3. The van der Waals surface area contributed by atoms with Crippen LogP contribution in [0.25, 0.3) is 0 Å². The number of benzene rings is 3. The quantitative estimate of drug-likeness (QED) is 0.289. The summed E-state index contributed by atoms with van der Waals surface area (Å²) in [6.45, 7) is 2.44. The Balaban J connectivity index is 1.49. The van der Waals surface area contributed by atoms with E-state index in [-0.39, 0.29) is 41.3 Å². The number of nitrogens with two attached hydrogens (primary N) is 1. The molecule has 3 aromatic carbocycles. The number of hydrogen-bond acceptors (Lipinski definition) is 6. The van der Waals surface area contributed by atoms with Crippen LogP contribution in [-0.4, -0.2) is 47.3 Å². The van der Waals surface area contributed by atoms with Crippen molar-refractivity contribution in [1.29, 1.82) is 0 Å². The predicted octanol–water partition coefficient (Wildman–Crippen LogP) is 3.95. The van der Waals surface area contributed by atoms with E-state index in [1.807, 2.05) is 11.0 Å². The van der Waals surface area contributed by atoms with Crippen LogP contribution in [0, 0.1) is 30.2 Å². The van der Waals surface area contributed by atoms with Gasteiger partial charge in [-0.2, -0.15) is 0 Å². The molecule has 0 radical (unpaired) electrons. The summed E-state index contributed by atoms with van der Waals surface area (Å²) in [6, 6.07) is 14.1. The summed E-state index contributed by atoms with van der Waals surface area (Å²) in [5.41, 5.74) is 6.04. The van der Waals surface area contributed by atoms with E-state index in [4.69, 9.17) is 10.5 Å². The second-order valence-electron chi connectivity index (χ2n) is 10.7. The van der Waals surface area contributed by atoms with Crippen molar-refractivity contribution in [1.82, 2.24) is 14.0 Å². The van der Waals surface area contributed by atoms with Crippen molar-refractivity contribution in [3.8, 4) is 5.75 Å². The third kappa shape index (κ3) is 6.13. The van der Waals surface area contributed by atoms with Crippen LogP contribution in [0.5, 0.6) is 5.75 Å². The second kappa shape index (κ2) is 13.1. The molecule has 1 saturated heterocycles. The number of ether oxygens (including phenoxy) is 1. The number of piperazine rings is 1. The molecule has 0 amide bonds. The van der Waals surface area contributed by atoms with Crippen LogP contribution in [0.1, 0.15) is 28.4 Å². The molecule has 1 aliphatic heterocycles. The summed E-state index contributed by atoms with van der Waals surface area (Å²) in [5, 5.41) is 0. The van der Waals surface area contributed by atoms with Gasteiger partial charge in [-0.1, -0.05) is 36.4 Å². The Labute approximate surface area is 251 Å². The largest absolute Gasteiger partial charge is 0.496 e. The third-order valence-electron chi connectivity index (χ3n) is 8.09. The van der Waals surface area contributed by atoms with Crippen molar-refractivity contribution in [2.45, 2.75) is 32.6 Å². The fourth-order valence-electron chi connectivity index (χ4n) is 5.61. The van der Waals surface area contributed by atoms with E-state index in [0.29, 0.717) is 31.7 Å². The Hall–Kier alpha value is -4.42. The lowest BCUT2D eigenvalue weighted by atomic mass is 10.1. The first kappa shape index (κ1) is 31.0. The fourth-order valence-corrected chi connectivity index (χ4v) is 5.61. The molecule has 0 aliphatic carbocycles. The summed E-state index contributed by atoms with van der Waals surface area (Å²) in [7, 11) is 1.38. The monoisotopic (exact) mass is 611 g/mol. The van der Waals surface area contributed by atoms with E-state index in [9.17, 15) is 27.2 Å². The van der Waals surface area contributed by atoms with E-state index in [1.165, 1.54) is 23.8 Å². The molecule has 44 heavy (non-hydrogen) atoms. The molecule has 12 heteroatoms. The summed E-state index contributed by atoms with van der Waals surface area (Å²) in [5.74, 6) is -3.35. The van der Waals surface area contributed by atoms with Gasteiger partial charge in [0.25, 0.3) is 5.56 Å². The van der Waals surface area contributed by atoms with Crippen LogP contribution in [0.2, 0.25) is 0 Å². The maximum absolute atomic E-state index is 14.7. The van der Waals surface area contributed by atoms with Gasteiger partial charge in [0, 0.05) is 55.6 Å². The zero-order chi connectivity index (χ0) is 31.5. The molecule has 0 spiro atoms. The lowest BCUT2D eigenvalue weighted by Gasteiger charge is -2.37. The number of nitrogens with zero attached hydrogens (tertiary/aromatic N) is 4. The van der Waals surface area contributed by atoms with Crippen LogP contribution in [0.3, 0.4) is 0 Å². The molecule has 1 aromatic heterocycles. The van der Waals surface area contributed by atoms with Crippen molar-refractivity contribution in [2.75, 3.05) is 38.2 Å². The van der Waals surface area contributed by atoms with Gasteiger partial charge in [0.05, 0.1) is 20.2 Å². The molecule has 2 heterocycles. The van der Waals surface area contributed by atoms with Crippen LogP contribution in [0.4, 0.5) is 23.2 Å². The lowest BCUT2D eigenvalue weighted by molar-refractivity contribution is 0.240. The molecule has 8 nitrogen and oxygen atoms in total. The Kier molecular flexibility index (Phi) is 9.21. The number of anilines is 1. The highest BCUT2D eigenvalue weighted by Gasteiger charge is 2.28. The Bertz CT molecular complexity index is 1750. The van der Waals surface area contributed by atoms with Gasteiger partial charge in [-0.25, -0.2) is 22.4 Å². The molecule has 1 fully saturated rings. The number of methoxy groups -OCH3 is 1. The van der Waals surface area contributed by atoms with Crippen molar-refractivity contribution in [3.63, 3.8) is 0 Å². The zero-order valence-corrected chi connectivity index (χ0v) is 24.4. The lowest BCUT2D eigenvalue weighted by Crippen LogP contribution is -2.51. The van der Waals surface area contributed by atoms with Gasteiger partial charge in [-0.15, -0.1) is 0 Å².